The summed E-state index contributed by atoms with van der Waals surface area (Å²) in [5, 5.41) is -0.103. The van der Waals surface area contributed by atoms with E-state index in [1.807, 2.05) is 25.1 Å². The van der Waals surface area contributed by atoms with Crippen molar-refractivity contribution in [3.63, 3.8) is 0 Å². The van der Waals surface area contributed by atoms with Gasteiger partial charge in [-0.05, 0) is 0 Å². The molecule has 2 aliphatic rings. The number of rotatable bonds is 20. The van der Waals surface area contributed by atoms with E-state index in [-0.39, 0.29) is 36.4 Å². The third kappa shape index (κ3) is 10.3. The Labute approximate surface area is 399 Å². The van der Waals surface area contributed by atoms with Gasteiger partial charge in [0.1, 0.15) is 0 Å². The maximum absolute atomic E-state index is 15.1. The van der Waals surface area contributed by atoms with Gasteiger partial charge >= 0.3 is 376 Å². The van der Waals surface area contributed by atoms with Crippen LogP contribution in [0.15, 0.2) is 163 Å². The van der Waals surface area contributed by atoms with Gasteiger partial charge in [0.25, 0.3) is 0 Å². The first-order chi connectivity index (χ1) is 32.1. The second-order valence-corrected chi connectivity index (χ2v) is 28.3. The number of methoxy groups -OCH3 is 2. The predicted octanol–water partition coefficient (Wildman–Crippen LogP) is 9.22. The van der Waals surface area contributed by atoms with Crippen LogP contribution in [-0.2, 0) is 42.2 Å². The topological polar surface area (TPSA) is 86.8 Å². The number of piperidine rings is 1. The minimum absolute atomic E-state index is 0.177. The Balaban J connectivity index is 1.27. The van der Waals surface area contributed by atoms with Crippen LogP contribution in [0.2, 0.25) is 0 Å². The Morgan fingerprint density at radius 3 is 1.91 bits per heavy atom. The van der Waals surface area contributed by atoms with E-state index < -0.39 is 21.4 Å². The number of hydrogen-bond acceptors (Lipinski definition) is 8. The summed E-state index contributed by atoms with van der Waals surface area (Å²) in [6.07, 6.45) is 0.989. The summed E-state index contributed by atoms with van der Waals surface area (Å²) < 4.78 is 61.7. The molecule has 0 aromatic heterocycles. The van der Waals surface area contributed by atoms with Crippen molar-refractivity contribution >= 4 is 52.4 Å². The minimum atomic E-state index is -3.96. The summed E-state index contributed by atoms with van der Waals surface area (Å²) in [7, 11) is -0.557. The fourth-order valence-electron chi connectivity index (χ4n) is 9.77. The van der Waals surface area contributed by atoms with Gasteiger partial charge in [-0.25, -0.2) is 0 Å². The van der Waals surface area contributed by atoms with E-state index in [2.05, 4.69) is 132 Å². The van der Waals surface area contributed by atoms with Crippen LogP contribution in [0, 0.1) is 12.8 Å². The number of halogens is 1. The molecule has 9 nitrogen and oxygen atoms in total. The Morgan fingerprint density at radius 1 is 0.697 bits per heavy atom. The number of aryl methyl sites for hydroxylation is 1. The maximum atomic E-state index is 15.1. The molecule has 6 aromatic rings. The summed E-state index contributed by atoms with van der Waals surface area (Å²) in [4.78, 5) is 2.63. The average Bonchev–Trinajstić information content (AvgIpc) is 3.36. The van der Waals surface area contributed by atoms with E-state index in [0.29, 0.717) is 39.2 Å². The summed E-state index contributed by atoms with van der Waals surface area (Å²) in [5.41, 5.74) is 5.16. The van der Waals surface area contributed by atoms with Gasteiger partial charge in [0.15, 0.2) is 0 Å². The molecule has 0 unspecified atom stereocenters. The number of benzene rings is 6. The molecule has 12 heteroatoms. The van der Waals surface area contributed by atoms with Gasteiger partial charge in [-0.3, -0.25) is 0 Å². The Hall–Kier alpha value is -4.42. The van der Waals surface area contributed by atoms with Crippen molar-refractivity contribution in [3.05, 3.63) is 180 Å². The van der Waals surface area contributed by atoms with E-state index in [4.69, 9.17) is 39.2 Å². The second kappa shape index (κ2) is 21.7. The van der Waals surface area contributed by atoms with Gasteiger partial charge in [0.05, 0.1) is 0 Å². The first-order valence-electron chi connectivity index (χ1n) is 22.9. The van der Waals surface area contributed by atoms with Crippen molar-refractivity contribution in [1.29, 1.82) is 0 Å². The van der Waals surface area contributed by atoms with Crippen LogP contribution in [0.4, 0.5) is 5.69 Å². The van der Waals surface area contributed by atoms with Crippen molar-refractivity contribution in [2.24, 2.45) is 5.92 Å². The molecule has 8 rings (SSSR count). The molecule has 1 saturated heterocycles. The Bertz CT molecular complexity index is 2490. The van der Waals surface area contributed by atoms with Gasteiger partial charge in [-0.15, -0.1) is 0 Å². The van der Waals surface area contributed by atoms with Gasteiger partial charge in [0, 0.05) is 20.8 Å². The summed E-state index contributed by atoms with van der Waals surface area (Å²) in [5.74, 6) is 0.407. The van der Waals surface area contributed by atoms with Crippen molar-refractivity contribution in [1.82, 2.24) is 4.31 Å². The number of fused-ring (bicyclic) bond motifs is 1. The van der Waals surface area contributed by atoms with E-state index >= 15 is 8.42 Å². The van der Waals surface area contributed by atoms with Gasteiger partial charge in [-0.1, -0.05) is 0 Å². The first kappa shape index (κ1) is 48.1. The zero-order valence-corrected chi connectivity index (χ0v) is 41.5. The molecule has 0 amide bonds. The molecule has 0 spiro atoms. The van der Waals surface area contributed by atoms with E-state index in [1.54, 1.807) is 30.7 Å². The third-order valence-electron chi connectivity index (χ3n) is 13.1. The van der Waals surface area contributed by atoms with Crippen molar-refractivity contribution in [2.75, 3.05) is 77.9 Å². The number of anilines is 1. The van der Waals surface area contributed by atoms with E-state index in [9.17, 15) is 0 Å². The van der Waals surface area contributed by atoms with Crippen molar-refractivity contribution in [3.8, 4) is 5.75 Å². The van der Waals surface area contributed by atoms with Gasteiger partial charge < -0.3 is 4.74 Å². The van der Waals surface area contributed by atoms with Crippen LogP contribution in [0.5, 0.6) is 5.75 Å². The third-order valence-corrected chi connectivity index (χ3v) is 24.8. The first-order valence-corrected chi connectivity index (χ1v) is 28.7. The average molecular weight is 994 g/mol. The van der Waals surface area contributed by atoms with Gasteiger partial charge in [-0.2, -0.15) is 0 Å². The van der Waals surface area contributed by atoms with Crippen LogP contribution in [0.25, 0.3) is 0 Å². The Morgan fingerprint density at radius 2 is 1.30 bits per heavy atom. The van der Waals surface area contributed by atoms with E-state index in [0.717, 1.165) is 53.2 Å². The standard InChI is InChI=1S/C54H62BrN2O7PS/c1-42-20-27-50(28-21-42)66(58,59)57-37-46(41-65(55,47-14-7-4-8-15-47,48-16-9-5-10-17-48)49-18-11-6-12-19-49)54(45-25-22-43(23-26-45)39-62-35-34-61-3)53(38-57)64-40-44-24-29-52-51(36-44)56(31-33-63-52)30-13-32-60-2/h4-12,14-29,36,46,53-54H,13,30-35,37-41H2,1-3H3/t46-,53-,54-/m0/s1. The summed E-state index contributed by atoms with van der Waals surface area (Å²) >= 11 is 4.76. The molecular weight excluding hydrogens is 932 g/mol. The zero-order chi connectivity index (χ0) is 46.0. The molecule has 0 radical (unpaired) electrons. The van der Waals surface area contributed by atoms with Gasteiger partial charge in [0.2, 0.25) is 0 Å². The number of sulfonamides is 1. The molecule has 0 N–H and O–H groups in total. The van der Waals surface area contributed by atoms with Crippen molar-refractivity contribution in [2.45, 2.75) is 43.5 Å². The molecule has 0 bridgehead atoms. The van der Waals surface area contributed by atoms with Crippen LogP contribution < -0.4 is 25.6 Å². The van der Waals surface area contributed by atoms with E-state index in [1.165, 1.54) is 15.9 Å². The molecule has 0 saturated carbocycles. The van der Waals surface area contributed by atoms with Crippen LogP contribution in [0.3, 0.4) is 0 Å². The fraction of sp³-hybridized carbons (Fsp3) is 0.333. The summed E-state index contributed by atoms with van der Waals surface area (Å²) in [6, 6.07) is 54.3. The summed E-state index contributed by atoms with van der Waals surface area (Å²) in [6.45, 7) is 7.14. The predicted molar refractivity (Wildman–Crippen MR) is 272 cm³/mol. The van der Waals surface area contributed by atoms with Crippen LogP contribution in [-0.4, -0.2) is 91.8 Å². The van der Waals surface area contributed by atoms with Crippen LogP contribution in [0.1, 0.15) is 34.6 Å². The second-order valence-electron chi connectivity index (χ2n) is 17.4. The van der Waals surface area contributed by atoms with Crippen LogP contribution >= 0.6 is 20.8 Å². The fourth-order valence-corrected chi connectivity index (χ4v) is 19.7. The molecule has 2 aliphatic heterocycles. The van der Waals surface area contributed by atoms with Crippen molar-refractivity contribution < 1.29 is 32.1 Å². The molecule has 66 heavy (non-hydrogen) atoms. The number of ether oxygens (including phenoxy) is 5. The molecule has 6 aromatic carbocycles. The molecule has 1 fully saturated rings. The monoisotopic (exact) mass is 992 g/mol. The molecule has 3 atom stereocenters. The molecular formula is C54H62BrN2O7PS. The molecule has 2 heterocycles. The molecule has 348 valence electrons. The molecule has 0 aliphatic carbocycles. The quantitative estimate of drug-likeness (QED) is 0.0554. The number of hydrogen-bond donors (Lipinski definition) is 0. The SMILES string of the molecule is COCCCN1CCOc2ccc(CO[C@H]3CN(S(=O)(=O)c4ccc(C)cc4)C[C@@H](CP(Br)(c4ccccc4)(c4ccccc4)c4ccccc4)[C@@H]3c3ccc(COCCOC)cc3)cc21. The zero-order valence-electron chi connectivity index (χ0n) is 38.2. The number of nitrogens with zero attached hydrogens (tertiary/aromatic N) is 2. The Kier molecular flexibility index (Phi) is 15.8. The normalized spacial score (nSPS) is 18.5.